The predicted molar refractivity (Wildman–Crippen MR) is 110 cm³/mol. The van der Waals surface area contributed by atoms with Crippen LogP contribution in [0.4, 0.5) is 5.82 Å². The van der Waals surface area contributed by atoms with Crippen LogP contribution < -0.4 is 4.90 Å². The molecule has 0 atom stereocenters. The molecule has 1 aromatic heterocycles. The third-order valence-corrected chi connectivity index (χ3v) is 5.98. The zero-order valence-corrected chi connectivity index (χ0v) is 16.5. The fourth-order valence-corrected chi connectivity index (χ4v) is 4.31. The second-order valence-electron chi connectivity index (χ2n) is 7.55. The average molecular weight is 387 g/mol. The van der Waals surface area contributed by atoms with Crippen molar-refractivity contribution in [3.8, 4) is 0 Å². The Bertz CT molecular complexity index is 796. The van der Waals surface area contributed by atoms with Gasteiger partial charge < -0.3 is 9.80 Å². The molecule has 2 fully saturated rings. The standard InChI is InChI=1S/C21H27ClN4O/c22-21-18-8-4-3-7-17(18)15-19(23-21)25-13-11-24(12-14-25)16-20(27)26-9-5-1-2-6-10-26/h3-4,7-8,15H,1-2,5-6,9-14,16H2. The van der Waals surface area contributed by atoms with Gasteiger partial charge in [0.1, 0.15) is 11.0 Å². The van der Waals surface area contributed by atoms with E-state index in [0.29, 0.717) is 11.7 Å². The molecule has 2 aliphatic heterocycles. The molecule has 0 aliphatic carbocycles. The zero-order chi connectivity index (χ0) is 18.6. The van der Waals surface area contributed by atoms with Gasteiger partial charge in [-0.15, -0.1) is 0 Å². The summed E-state index contributed by atoms with van der Waals surface area (Å²) in [4.78, 5) is 23.8. The van der Waals surface area contributed by atoms with E-state index in [1.807, 2.05) is 18.2 Å². The molecule has 4 rings (SSSR count). The van der Waals surface area contributed by atoms with Gasteiger partial charge in [0.25, 0.3) is 0 Å². The summed E-state index contributed by atoms with van der Waals surface area (Å²) in [6.07, 6.45) is 4.80. The molecule has 27 heavy (non-hydrogen) atoms. The van der Waals surface area contributed by atoms with Crippen LogP contribution >= 0.6 is 11.6 Å². The first kappa shape index (κ1) is 18.5. The number of halogens is 1. The van der Waals surface area contributed by atoms with Crippen molar-refractivity contribution in [1.29, 1.82) is 0 Å². The lowest BCUT2D eigenvalue weighted by Crippen LogP contribution is -2.50. The third kappa shape index (κ3) is 4.36. The monoisotopic (exact) mass is 386 g/mol. The van der Waals surface area contributed by atoms with Crippen LogP contribution in [0.15, 0.2) is 30.3 Å². The van der Waals surface area contributed by atoms with Crippen LogP contribution in [0.3, 0.4) is 0 Å². The van der Waals surface area contributed by atoms with Gasteiger partial charge in [-0.25, -0.2) is 4.98 Å². The maximum Gasteiger partial charge on any atom is 0.236 e. The molecule has 1 aromatic carbocycles. The first-order valence-corrected chi connectivity index (χ1v) is 10.4. The van der Waals surface area contributed by atoms with Gasteiger partial charge in [0.15, 0.2) is 0 Å². The molecule has 0 spiro atoms. The van der Waals surface area contributed by atoms with Crippen molar-refractivity contribution in [2.75, 3.05) is 50.7 Å². The van der Waals surface area contributed by atoms with Gasteiger partial charge in [-0.1, -0.05) is 48.7 Å². The van der Waals surface area contributed by atoms with Crippen LogP contribution in [0.5, 0.6) is 0 Å². The number of hydrogen-bond acceptors (Lipinski definition) is 4. The number of fused-ring (bicyclic) bond motifs is 1. The molecule has 5 nitrogen and oxygen atoms in total. The van der Waals surface area contributed by atoms with E-state index in [4.69, 9.17) is 11.6 Å². The Morgan fingerprint density at radius 3 is 2.41 bits per heavy atom. The number of pyridine rings is 1. The lowest BCUT2D eigenvalue weighted by Gasteiger charge is -2.36. The number of hydrogen-bond donors (Lipinski definition) is 0. The second kappa shape index (κ2) is 8.44. The van der Waals surface area contributed by atoms with Gasteiger partial charge in [0, 0.05) is 44.7 Å². The normalized spacial score (nSPS) is 19.3. The molecule has 144 valence electrons. The van der Waals surface area contributed by atoms with Gasteiger partial charge in [0.05, 0.1) is 6.54 Å². The summed E-state index contributed by atoms with van der Waals surface area (Å²) in [6, 6.07) is 10.2. The highest BCUT2D eigenvalue weighted by Crippen LogP contribution is 2.26. The predicted octanol–water partition coefficient (Wildman–Crippen LogP) is 3.41. The molecule has 3 heterocycles. The summed E-state index contributed by atoms with van der Waals surface area (Å²) in [5, 5.41) is 2.66. The molecule has 1 amide bonds. The van der Waals surface area contributed by atoms with E-state index in [9.17, 15) is 4.79 Å². The van der Waals surface area contributed by atoms with Gasteiger partial charge in [-0.05, 0) is 24.3 Å². The molecule has 2 saturated heterocycles. The number of anilines is 1. The van der Waals surface area contributed by atoms with Gasteiger partial charge in [-0.2, -0.15) is 0 Å². The Morgan fingerprint density at radius 1 is 0.963 bits per heavy atom. The number of benzene rings is 1. The van der Waals surface area contributed by atoms with E-state index in [2.05, 4.69) is 31.8 Å². The number of rotatable bonds is 3. The molecule has 2 aromatic rings. The fourth-order valence-electron chi connectivity index (χ4n) is 4.05. The fraction of sp³-hybridized carbons (Fsp3) is 0.524. The number of carbonyl (C=O) groups is 1. The van der Waals surface area contributed by atoms with Gasteiger partial charge in [-0.3, -0.25) is 9.69 Å². The van der Waals surface area contributed by atoms with Crippen LogP contribution in [0.2, 0.25) is 5.15 Å². The molecule has 0 N–H and O–H groups in total. The zero-order valence-electron chi connectivity index (χ0n) is 15.7. The molecule has 0 radical (unpaired) electrons. The summed E-state index contributed by atoms with van der Waals surface area (Å²) in [7, 11) is 0. The minimum Gasteiger partial charge on any atom is -0.354 e. The Hall–Kier alpha value is -1.85. The van der Waals surface area contributed by atoms with Crippen LogP contribution in [-0.4, -0.2) is 66.5 Å². The first-order chi connectivity index (χ1) is 13.2. The molecule has 0 unspecified atom stereocenters. The minimum atomic E-state index is 0.289. The Balaban J connectivity index is 1.35. The Kier molecular flexibility index (Phi) is 5.79. The number of piperazine rings is 1. The maximum atomic E-state index is 12.6. The molecule has 2 aliphatic rings. The van der Waals surface area contributed by atoms with Crippen LogP contribution in [0.1, 0.15) is 25.7 Å². The maximum absolute atomic E-state index is 12.6. The summed E-state index contributed by atoms with van der Waals surface area (Å²) in [5.41, 5.74) is 0. The number of carbonyl (C=O) groups excluding carboxylic acids is 1. The number of amides is 1. The summed E-state index contributed by atoms with van der Waals surface area (Å²) in [5.74, 6) is 1.22. The summed E-state index contributed by atoms with van der Waals surface area (Å²) < 4.78 is 0. The van der Waals surface area contributed by atoms with Crippen molar-refractivity contribution in [3.05, 3.63) is 35.5 Å². The topological polar surface area (TPSA) is 39.7 Å². The first-order valence-electron chi connectivity index (χ1n) is 10.0. The largest absolute Gasteiger partial charge is 0.354 e. The lowest BCUT2D eigenvalue weighted by molar-refractivity contribution is -0.132. The molecular formula is C21H27ClN4O. The summed E-state index contributed by atoms with van der Waals surface area (Å²) in [6.45, 7) is 5.90. The van der Waals surface area contributed by atoms with Crippen LogP contribution in [0.25, 0.3) is 10.8 Å². The SMILES string of the molecule is O=C(CN1CCN(c2cc3ccccc3c(Cl)n2)CC1)N1CCCCCC1. The smallest absolute Gasteiger partial charge is 0.236 e. The van der Waals surface area contributed by atoms with Crippen molar-refractivity contribution in [1.82, 2.24) is 14.8 Å². The van der Waals surface area contributed by atoms with E-state index in [-0.39, 0.29) is 5.91 Å². The molecular weight excluding hydrogens is 360 g/mol. The Labute approximate surface area is 165 Å². The van der Waals surface area contributed by atoms with Gasteiger partial charge >= 0.3 is 0 Å². The van der Waals surface area contributed by atoms with Crippen molar-refractivity contribution in [3.63, 3.8) is 0 Å². The quantitative estimate of drug-likeness (QED) is 0.758. The lowest BCUT2D eigenvalue weighted by atomic mass is 10.1. The highest BCUT2D eigenvalue weighted by molar-refractivity contribution is 6.34. The van der Waals surface area contributed by atoms with E-state index in [1.165, 1.54) is 12.8 Å². The average Bonchev–Trinajstić information content (AvgIpc) is 2.98. The number of aromatic nitrogens is 1. The third-order valence-electron chi connectivity index (χ3n) is 5.69. The van der Waals surface area contributed by atoms with E-state index in [1.54, 1.807) is 0 Å². The molecule has 0 saturated carbocycles. The Morgan fingerprint density at radius 2 is 1.67 bits per heavy atom. The second-order valence-corrected chi connectivity index (χ2v) is 7.91. The highest BCUT2D eigenvalue weighted by Gasteiger charge is 2.23. The van der Waals surface area contributed by atoms with Crippen molar-refractivity contribution >= 4 is 34.1 Å². The van der Waals surface area contributed by atoms with Crippen molar-refractivity contribution in [2.24, 2.45) is 0 Å². The van der Waals surface area contributed by atoms with Crippen molar-refractivity contribution < 1.29 is 4.79 Å². The van der Waals surface area contributed by atoms with Gasteiger partial charge in [0.2, 0.25) is 5.91 Å². The van der Waals surface area contributed by atoms with E-state index < -0.39 is 0 Å². The minimum absolute atomic E-state index is 0.289. The summed E-state index contributed by atoms with van der Waals surface area (Å²) >= 11 is 6.38. The molecule has 6 heteroatoms. The molecule has 0 bridgehead atoms. The number of likely N-dealkylation sites (tertiary alicyclic amines) is 1. The van der Waals surface area contributed by atoms with Crippen LogP contribution in [-0.2, 0) is 4.79 Å². The van der Waals surface area contributed by atoms with E-state index in [0.717, 1.165) is 68.7 Å². The highest BCUT2D eigenvalue weighted by atomic mass is 35.5. The number of nitrogens with zero attached hydrogens (tertiary/aromatic N) is 4. The van der Waals surface area contributed by atoms with E-state index >= 15 is 0 Å². The van der Waals surface area contributed by atoms with Crippen molar-refractivity contribution in [2.45, 2.75) is 25.7 Å². The van der Waals surface area contributed by atoms with Crippen LogP contribution in [0, 0.1) is 0 Å².